The smallest absolute Gasteiger partial charge is 0.338 e. The fourth-order valence-corrected chi connectivity index (χ4v) is 4.21. The summed E-state index contributed by atoms with van der Waals surface area (Å²) in [6.07, 6.45) is 0. The van der Waals surface area contributed by atoms with Crippen molar-refractivity contribution in [2.45, 2.75) is 26.7 Å². The molecule has 0 radical (unpaired) electrons. The molecule has 0 spiro atoms. The van der Waals surface area contributed by atoms with E-state index in [0.29, 0.717) is 16.9 Å². The molecular weight excluding hydrogens is 392 g/mol. The zero-order chi connectivity index (χ0) is 22.4. The Hall–Kier alpha value is -3.93. The van der Waals surface area contributed by atoms with Gasteiger partial charge in [0.25, 0.3) is 0 Å². The molecule has 0 saturated carbocycles. The number of nitrogen functional groups attached to an aromatic ring is 1. The maximum atomic E-state index is 13.5. The van der Waals surface area contributed by atoms with Crippen LogP contribution in [-0.4, -0.2) is 22.6 Å². The Balaban J connectivity index is 2.12. The summed E-state index contributed by atoms with van der Waals surface area (Å²) in [7, 11) is 0. The topological polar surface area (TPSA) is 109 Å². The van der Waals surface area contributed by atoms with Crippen molar-refractivity contribution in [1.82, 2.24) is 0 Å². The lowest BCUT2D eigenvalue weighted by Crippen LogP contribution is -2.27. The Kier molecular flexibility index (Phi) is 4.85. The van der Waals surface area contributed by atoms with Crippen molar-refractivity contribution in [3.8, 4) is 0 Å². The van der Waals surface area contributed by atoms with Gasteiger partial charge in [-0.15, -0.1) is 0 Å². The molecule has 0 bridgehead atoms. The van der Waals surface area contributed by atoms with Crippen molar-refractivity contribution < 1.29 is 19.5 Å². The third kappa shape index (κ3) is 3.17. The van der Waals surface area contributed by atoms with Crippen molar-refractivity contribution in [1.29, 1.82) is 0 Å². The van der Waals surface area contributed by atoms with Crippen LogP contribution in [0.2, 0.25) is 0 Å². The number of aryl methyl sites for hydroxylation is 1. The summed E-state index contributed by atoms with van der Waals surface area (Å²) >= 11 is 0. The summed E-state index contributed by atoms with van der Waals surface area (Å²) in [5.74, 6) is -2.32. The Morgan fingerprint density at radius 2 is 1.58 bits per heavy atom. The van der Waals surface area contributed by atoms with E-state index in [2.05, 4.69) is 5.32 Å². The number of hydrogen-bond acceptors (Lipinski definition) is 5. The molecule has 31 heavy (non-hydrogen) atoms. The molecule has 1 aliphatic rings. The number of hydrogen-bond donors (Lipinski definition) is 3. The Morgan fingerprint density at radius 1 is 0.968 bits per heavy atom. The molecule has 0 fully saturated rings. The first-order valence-electron chi connectivity index (χ1n) is 9.97. The summed E-state index contributed by atoms with van der Waals surface area (Å²) in [5.41, 5.74) is 8.90. The third-order valence-corrected chi connectivity index (χ3v) is 5.53. The monoisotopic (exact) mass is 414 g/mol. The molecule has 3 aromatic rings. The Bertz CT molecular complexity index is 1270. The van der Waals surface area contributed by atoms with Crippen LogP contribution in [0.25, 0.3) is 0 Å². The molecule has 0 heterocycles. The summed E-state index contributed by atoms with van der Waals surface area (Å²) in [5, 5.41) is 13.2. The predicted molar refractivity (Wildman–Crippen MR) is 120 cm³/mol. The number of anilines is 3. The number of ketones is 2. The number of carbonyl (C=O) groups is 3. The first-order chi connectivity index (χ1) is 14.7. The number of carbonyl (C=O) groups excluding carboxylic acids is 2. The molecule has 3 aromatic carbocycles. The second-order valence-corrected chi connectivity index (χ2v) is 7.99. The molecule has 6 nitrogen and oxygen atoms in total. The van der Waals surface area contributed by atoms with Gasteiger partial charge in [0.15, 0.2) is 11.6 Å². The third-order valence-electron chi connectivity index (χ3n) is 5.53. The molecular formula is C25H22N2O4. The quantitative estimate of drug-likeness (QED) is 0.409. The van der Waals surface area contributed by atoms with Gasteiger partial charge in [-0.1, -0.05) is 50.2 Å². The number of carboxylic acid groups (broad SMARTS) is 1. The van der Waals surface area contributed by atoms with Crippen molar-refractivity contribution in [2.75, 3.05) is 11.1 Å². The lowest BCUT2D eigenvalue weighted by atomic mass is 9.77. The highest BCUT2D eigenvalue weighted by atomic mass is 16.4. The maximum Gasteiger partial charge on any atom is 0.338 e. The minimum absolute atomic E-state index is 0.0550. The molecule has 1 aliphatic carbocycles. The van der Waals surface area contributed by atoms with Crippen LogP contribution in [0.3, 0.4) is 0 Å². The highest BCUT2D eigenvalue weighted by molar-refractivity contribution is 6.33. The number of nitrogens with two attached hydrogens (primary N) is 1. The van der Waals surface area contributed by atoms with Crippen LogP contribution in [0.4, 0.5) is 17.1 Å². The average molecular weight is 414 g/mol. The first kappa shape index (κ1) is 20.3. The average Bonchev–Trinajstić information content (AvgIpc) is 2.72. The van der Waals surface area contributed by atoms with E-state index >= 15 is 0 Å². The molecule has 4 N–H and O–H groups in total. The second-order valence-electron chi connectivity index (χ2n) is 7.99. The largest absolute Gasteiger partial charge is 0.478 e. The van der Waals surface area contributed by atoms with E-state index in [-0.39, 0.29) is 45.2 Å². The van der Waals surface area contributed by atoms with E-state index in [9.17, 15) is 19.5 Å². The minimum atomic E-state index is -1.24. The molecule has 0 unspecified atom stereocenters. The van der Waals surface area contributed by atoms with E-state index < -0.39 is 11.8 Å². The van der Waals surface area contributed by atoms with Gasteiger partial charge in [-0.25, -0.2) is 4.79 Å². The number of aromatic carboxylic acids is 1. The Morgan fingerprint density at radius 3 is 2.13 bits per heavy atom. The van der Waals surface area contributed by atoms with E-state index in [1.54, 1.807) is 24.3 Å². The van der Waals surface area contributed by atoms with Gasteiger partial charge in [0.05, 0.1) is 28.1 Å². The van der Waals surface area contributed by atoms with E-state index in [1.165, 1.54) is 0 Å². The zero-order valence-corrected chi connectivity index (χ0v) is 17.4. The maximum absolute atomic E-state index is 13.5. The summed E-state index contributed by atoms with van der Waals surface area (Å²) in [6, 6.07) is 14.0. The summed E-state index contributed by atoms with van der Waals surface area (Å²) in [4.78, 5) is 39.1. The fraction of sp³-hybridized carbons (Fsp3) is 0.160. The minimum Gasteiger partial charge on any atom is -0.478 e. The van der Waals surface area contributed by atoms with Crippen molar-refractivity contribution >= 4 is 34.6 Å². The van der Waals surface area contributed by atoms with Gasteiger partial charge in [-0.2, -0.15) is 0 Å². The normalized spacial score (nSPS) is 12.5. The zero-order valence-electron chi connectivity index (χ0n) is 17.4. The van der Waals surface area contributed by atoms with Crippen molar-refractivity contribution in [3.63, 3.8) is 0 Å². The second kappa shape index (κ2) is 7.40. The van der Waals surface area contributed by atoms with Gasteiger partial charge in [0.1, 0.15) is 0 Å². The van der Waals surface area contributed by atoms with Gasteiger partial charge in [0.2, 0.25) is 0 Å². The van der Waals surface area contributed by atoms with Crippen LogP contribution in [0, 0.1) is 6.92 Å². The van der Waals surface area contributed by atoms with Gasteiger partial charge in [-0.3, -0.25) is 9.59 Å². The number of benzene rings is 3. The van der Waals surface area contributed by atoms with Gasteiger partial charge < -0.3 is 16.2 Å². The lowest BCUT2D eigenvalue weighted by Gasteiger charge is -2.28. The van der Waals surface area contributed by atoms with Crippen LogP contribution in [0.1, 0.15) is 73.1 Å². The molecule has 0 aliphatic heterocycles. The Labute approximate surface area is 179 Å². The van der Waals surface area contributed by atoms with Gasteiger partial charge in [0, 0.05) is 16.8 Å². The standard InChI is InChI=1S/C25H22N2O4/c1-12(2)17-19(25(30)31)21(26)18-20(22(17)27-14-8-6-7-13(3)11-14)24(29)16-10-5-4-9-15(16)23(18)28/h4-12,27H,26H2,1-3H3,(H,30,31). The van der Waals surface area contributed by atoms with Crippen LogP contribution in [-0.2, 0) is 0 Å². The summed E-state index contributed by atoms with van der Waals surface area (Å²) in [6.45, 7) is 5.59. The number of fused-ring (bicyclic) bond motifs is 2. The molecule has 4 rings (SSSR count). The molecule has 0 amide bonds. The molecule has 0 aromatic heterocycles. The van der Waals surface area contributed by atoms with E-state index in [4.69, 9.17) is 5.73 Å². The van der Waals surface area contributed by atoms with E-state index in [0.717, 1.165) is 5.56 Å². The number of nitrogens with one attached hydrogen (secondary N) is 1. The molecule has 0 saturated heterocycles. The van der Waals surface area contributed by atoms with Crippen LogP contribution >= 0.6 is 0 Å². The number of carboxylic acids is 1. The van der Waals surface area contributed by atoms with Gasteiger partial charge in [-0.05, 0) is 36.1 Å². The lowest BCUT2D eigenvalue weighted by molar-refractivity contribution is 0.0696. The van der Waals surface area contributed by atoms with Crippen molar-refractivity contribution in [3.05, 3.63) is 87.5 Å². The predicted octanol–water partition coefficient (Wildman–Crippen LogP) is 4.92. The first-order valence-corrected chi connectivity index (χ1v) is 9.97. The summed E-state index contributed by atoms with van der Waals surface area (Å²) < 4.78 is 0. The van der Waals surface area contributed by atoms with Crippen LogP contribution in [0.5, 0.6) is 0 Å². The molecule has 156 valence electrons. The van der Waals surface area contributed by atoms with Crippen LogP contribution in [0.15, 0.2) is 48.5 Å². The van der Waals surface area contributed by atoms with Crippen LogP contribution < -0.4 is 11.1 Å². The van der Waals surface area contributed by atoms with E-state index in [1.807, 2.05) is 45.0 Å². The highest BCUT2D eigenvalue weighted by Crippen LogP contribution is 2.44. The van der Waals surface area contributed by atoms with Crippen molar-refractivity contribution in [2.24, 2.45) is 0 Å². The SMILES string of the molecule is Cc1cccc(Nc2c3c(c(N)c(C(=O)O)c2C(C)C)C(=O)c2ccccc2C3=O)c1. The van der Waals surface area contributed by atoms with Gasteiger partial charge >= 0.3 is 5.97 Å². The number of rotatable bonds is 4. The molecule has 0 atom stereocenters. The molecule has 6 heteroatoms. The highest BCUT2D eigenvalue weighted by Gasteiger charge is 2.38. The fourth-order valence-electron chi connectivity index (χ4n) is 4.21.